The first kappa shape index (κ1) is 41.8. The van der Waals surface area contributed by atoms with Crippen LogP contribution in [0.15, 0.2) is 23.1 Å². The average Bonchev–Trinajstić information content (AvgIpc) is 3.33. The van der Waals surface area contributed by atoms with Gasteiger partial charge < -0.3 is 13.6 Å². The summed E-state index contributed by atoms with van der Waals surface area (Å²) in [6.07, 6.45) is 8.53. The molecule has 1 aliphatic heterocycles. The Hall–Kier alpha value is -1.40. The number of esters is 1. The fourth-order valence-corrected chi connectivity index (χ4v) is 9.10. The van der Waals surface area contributed by atoms with E-state index in [1.807, 2.05) is 46.1 Å². The number of allylic oxidation sites excluding steroid dienone is 1. The van der Waals surface area contributed by atoms with E-state index in [4.69, 9.17) is 13.6 Å². The molecule has 47 heavy (non-hydrogen) atoms. The summed E-state index contributed by atoms with van der Waals surface area (Å²) < 4.78 is 20.4. The fourth-order valence-electron chi connectivity index (χ4n) is 5.62. The second kappa shape index (κ2) is 16.1. The Morgan fingerprint density at radius 3 is 2.11 bits per heavy atom. The summed E-state index contributed by atoms with van der Waals surface area (Å²) in [4.78, 5) is 33.3. The summed E-state index contributed by atoms with van der Waals surface area (Å²) in [5.74, 6) is -0.427. The Bertz CT molecular complexity index is 1270. The molecule has 0 radical (unpaired) electrons. The summed E-state index contributed by atoms with van der Waals surface area (Å²) in [7, 11) is -4.57. The number of carbonyl (C=O) groups excluding carboxylic acids is 2. The number of hydrogen-bond donors (Lipinski definition) is 0. The second-order valence-corrected chi connectivity index (χ2v) is 28.1. The number of cyclic esters (lactones) is 1. The zero-order chi connectivity index (χ0) is 36.2. The molecule has 0 unspecified atom stereocenters. The highest BCUT2D eigenvalue weighted by molar-refractivity contribution is 7.09. The fraction of sp³-hybridized carbons (Fsp3) is 0.763. The topological polar surface area (TPSA) is 74.7 Å². The van der Waals surface area contributed by atoms with Gasteiger partial charge in [-0.3, -0.25) is 9.59 Å². The van der Waals surface area contributed by atoms with Crippen molar-refractivity contribution in [2.24, 2.45) is 17.3 Å². The minimum atomic E-state index is -2.38. The van der Waals surface area contributed by atoms with Gasteiger partial charge in [-0.25, -0.2) is 4.98 Å². The van der Waals surface area contributed by atoms with Crippen LogP contribution in [0.4, 0.5) is 0 Å². The van der Waals surface area contributed by atoms with Gasteiger partial charge in [-0.15, -0.1) is 11.3 Å². The zero-order valence-electron chi connectivity index (χ0n) is 32.6. The summed E-state index contributed by atoms with van der Waals surface area (Å²) in [5, 5.41) is 2.94. The van der Waals surface area contributed by atoms with E-state index < -0.39 is 34.3 Å². The van der Waals surface area contributed by atoms with Crippen molar-refractivity contribution in [1.29, 1.82) is 0 Å². The molecule has 5 atom stereocenters. The van der Waals surface area contributed by atoms with Gasteiger partial charge in [0.2, 0.25) is 0 Å². The predicted molar refractivity (Wildman–Crippen MR) is 204 cm³/mol. The summed E-state index contributed by atoms with van der Waals surface area (Å²) in [6, 6.07) is 0. The molecule has 1 aliphatic rings. The molecule has 0 amide bonds. The van der Waals surface area contributed by atoms with Gasteiger partial charge >= 0.3 is 5.97 Å². The Morgan fingerprint density at radius 1 is 1.00 bits per heavy atom. The van der Waals surface area contributed by atoms with Crippen LogP contribution in [-0.2, 0) is 23.2 Å². The molecule has 0 saturated heterocycles. The predicted octanol–water partition coefficient (Wildman–Crippen LogP) is 10.9. The molecule has 6 nitrogen and oxygen atoms in total. The molecule has 0 aromatic carbocycles. The normalized spacial score (nSPS) is 27.4. The SMILES string of the molecule is C/C(=C\c1csc(C)n1)[C@@H]1C/C=C\CCC[C@H](C)[C@H](O[Si](C)(C)C(C)(C)C)[C@@H](C)C(=O)C(C)(C)[C@@H](O[Si](C)(C)C(C)(C)C)CC(=O)O1. The highest BCUT2D eigenvalue weighted by Gasteiger charge is 2.50. The minimum absolute atomic E-state index is 0.00455. The number of rotatable bonds is 6. The van der Waals surface area contributed by atoms with Gasteiger partial charge in [0.25, 0.3) is 0 Å². The molecule has 0 spiro atoms. The number of Topliss-reactive ketones (excluding diaryl/α,β-unsaturated/α-hetero) is 1. The van der Waals surface area contributed by atoms with Gasteiger partial charge in [0.15, 0.2) is 16.6 Å². The van der Waals surface area contributed by atoms with Gasteiger partial charge in [0, 0.05) is 23.1 Å². The van der Waals surface area contributed by atoms with E-state index in [1.54, 1.807) is 11.3 Å². The standard InChI is InChI=1S/C38H67NO5SSi2/c1-26-21-19-17-18-20-22-31(27(2)23-30-25-45-29(4)39-30)42-33(40)24-32(43-46(13,14)36(5,6)7)38(11,12)35(41)28(3)34(26)44-47(15,16)37(8,9)10/h18,20,23,25-26,28,31-32,34H,17,19,21-22,24H2,1-16H3/b20-18-,27-23+/t26-,28+,31-,32-,34-/m0/s1. The van der Waals surface area contributed by atoms with E-state index in [0.29, 0.717) is 6.42 Å². The van der Waals surface area contributed by atoms with E-state index in [-0.39, 0.29) is 46.2 Å². The Labute approximate surface area is 293 Å². The summed E-state index contributed by atoms with van der Waals surface area (Å²) >= 11 is 1.60. The van der Waals surface area contributed by atoms with Crippen LogP contribution in [0.3, 0.4) is 0 Å². The van der Waals surface area contributed by atoms with Crippen LogP contribution < -0.4 is 0 Å². The first-order chi connectivity index (χ1) is 21.3. The quantitative estimate of drug-likeness (QED) is 0.167. The number of nitrogens with zero attached hydrogens (tertiary/aromatic N) is 1. The van der Waals surface area contributed by atoms with Crippen LogP contribution in [0, 0.1) is 24.2 Å². The molecular weight excluding hydrogens is 639 g/mol. The van der Waals surface area contributed by atoms with Crippen LogP contribution in [-0.4, -0.2) is 51.7 Å². The van der Waals surface area contributed by atoms with E-state index >= 15 is 0 Å². The number of ketones is 1. The molecular formula is C38H67NO5SSi2. The third kappa shape index (κ3) is 11.3. The average molecular weight is 706 g/mol. The molecule has 0 fully saturated rings. The third-order valence-corrected chi connectivity index (χ3v) is 20.8. The van der Waals surface area contributed by atoms with E-state index in [0.717, 1.165) is 35.5 Å². The number of thiazole rings is 1. The lowest BCUT2D eigenvalue weighted by Crippen LogP contribution is -2.54. The van der Waals surface area contributed by atoms with Crippen molar-refractivity contribution in [1.82, 2.24) is 4.98 Å². The zero-order valence-corrected chi connectivity index (χ0v) is 35.4. The third-order valence-electron chi connectivity index (χ3n) is 11.1. The van der Waals surface area contributed by atoms with E-state index in [9.17, 15) is 9.59 Å². The molecule has 0 aliphatic carbocycles. The van der Waals surface area contributed by atoms with Crippen LogP contribution in [0.2, 0.25) is 36.3 Å². The molecule has 2 heterocycles. The number of aromatic nitrogens is 1. The molecule has 9 heteroatoms. The van der Waals surface area contributed by atoms with Crippen LogP contribution >= 0.6 is 11.3 Å². The highest BCUT2D eigenvalue weighted by Crippen LogP contribution is 2.44. The van der Waals surface area contributed by atoms with Crippen molar-refractivity contribution >= 4 is 45.8 Å². The molecule has 0 saturated carbocycles. The molecule has 1 aromatic rings. The van der Waals surface area contributed by atoms with Crippen LogP contribution in [0.5, 0.6) is 0 Å². The van der Waals surface area contributed by atoms with Crippen molar-refractivity contribution in [3.05, 3.63) is 33.8 Å². The lowest BCUT2D eigenvalue weighted by atomic mass is 9.73. The number of carbonyl (C=O) groups is 2. The van der Waals surface area contributed by atoms with E-state index in [1.165, 1.54) is 0 Å². The maximum Gasteiger partial charge on any atom is 0.309 e. The van der Waals surface area contributed by atoms with Crippen molar-refractivity contribution < 1.29 is 23.2 Å². The molecule has 2 rings (SSSR count). The highest BCUT2D eigenvalue weighted by atomic mass is 32.1. The van der Waals surface area contributed by atoms with Crippen molar-refractivity contribution in [3.63, 3.8) is 0 Å². The first-order valence-electron chi connectivity index (χ1n) is 17.6. The van der Waals surface area contributed by atoms with Crippen molar-refractivity contribution in [2.75, 3.05) is 0 Å². The summed E-state index contributed by atoms with van der Waals surface area (Å²) in [6.45, 7) is 34.4. The van der Waals surface area contributed by atoms with Crippen molar-refractivity contribution in [3.8, 4) is 0 Å². The van der Waals surface area contributed by atoms with Gasteiger partial charge in [0.1, 0.15) is 11.9 Å². The molecule has 1 aromatic heterocycles. The second-order valence-electron chi connectivity index (χ2n) is 17.6. The van der Waals surface area contributed by atoms with Gasteiger partial charge in [-0.2, -0.15) is 0 Å². The number of hydrogen-bond acceptors (Lipinski definition) is 7. The smallest absolute Gasteiger partial charge is 0.309 e. The maximum absolute atomic E-state index is 14.8. The lowest BCUT2D eigenvalue weighted by Gasteiger charge is -2.46. The lowest BCUT2D eigenvalue weighted by molar-refractivity contribution is -0.153. The van der Waals surface area contributed by atoms with Gasteiger partial charge in [0.05, 0.1) is 29.3 Å². The Morgan fingerprint density at radius 2 is 1.57 bits per heavy atom. The molecule has 0 N–H and O–H groups in total. The van der Waals surface area contributed by atoms with Gasteiger partial charge in [-0.05, 0) is 86.9 Å². The minimum Gasteiger partial charge on any atom is -0.457 e. The monoisotopic (exact) mass is 705 g/mol. The maximum atomic E-state index is 14.8. The number of ether oxygens (including phenoxy) is 1. The van der Waals surface area contributed by atoms with Crippen molar-refractivity contribution in [2.45, 2.75) is 170 Å². The van der Waals surface area contributed by atoms with Gasteiger partial charge in [-0.1, -0.05) is 81.4 Å². The van der Waals surface area contributed by atoms with Crippen LogP contribution in [0.1, 0.15) is 119 Å². The Kier molecular flexibility index (Phi) is 14.3. The van der Waals surface area contributed by atoms with E-state index in [2.05, 4.69) is 91.8 Å². The molecule has 268 valence electrons. The largest absolute Gasteiger partial charge is 0.457 e. The van der Waals surface area contributed by atoms with Crippen LogP contribution in [0.25, 0.3) is 6.08 Å². The molecule has 0 bridgehead atoms. The number of aryl methyl sites for hydroxylation is 1. The Balaban J connectivity index is 2.62. The summed E-state index contributed by atoms with van der Waals surface area (Å²) in [5.41, 5.74) is 0.873. The first-order valence-corrected chi connectivity index (χ1v) is 24.3.